The largest absolute Gasteiger partial charge is 0.326 e. The molecule has 0 aliphatic carbocycles. The van der Waals surface area contributed by atoms with E-state index in [0.717, 1.165) is 31.5 Å². The lowest BCUT2D eigenvalue weighted by Crippen LogP contribution is -2.37. The predicted molar refractivity (Wildman–Crippen MR) is 84.4 cm³/mol. The summed E-state index contributed by atoms with van der Waals surface area (Å²) in [4.78, 5) is 2.63. The molecule has 2 rings (SSSR count). The van der Waals surface area contributed by atoms with Gasteiger partial charge >= 0.3 is 0 Å². The highest BCUT2D eigenvalue weighted by atomic mass is 32.2. The molecule has 0 spiro atoms. The molecule has 1 fully saturated rings. The molecule has 0 saturated carbocycles. The van der Waals surface area contributed by atoms with Gasteiger partial charge in [-0.25, -0.2) is 12.7 Å². The van der Waals surface area contributed by atoms with Gasteiger partial charge in [0.1, 0.15) is 0 Å². The highest BCUT2D eigenvalue weighted by Gasteiger charge is 2.25. The van der Waals surface area contributed by atoms with E-state index in [9.17, 15) is 8.42 Å². The van der Waals surface area contributed by atoms with Crippen LogP contribution in [0.4, 0.5) is 0 Å². The first-order chi connectivity index (χ1) is 9.93. The molecule has 0 aromatic heterocycles. The quantitative estimate of drug-likeness (QED) is 0.884. The second-order valence-corrected chi connectivity index (χ2v) is 7.93. The SMILES string of the molecule is CN1CCC(CN(C)S(=O)(=O)c2ccc(CN)cc2)CC1. The first kappa shape index (κ1) is 16.4. The van der Waals surface area contributed by atoms with E-state index >= 15 is 0 Å². The molecule has 0 amide bonds. The molecule has 0 atom stereocenters. The summed E-state index contributed by atoms with van der Waals surface area (Å²) in [6.07, 6.45) is 2.12. The number of piperidine rings is 1. The first-order valence-electron chi connectivity index (χ1n) is 7.37. The molecule has 1 aromatic rings. The molecular weight excluding hydrogens is 286 g/mol. The van der Waals surface area contributed by atoms with Crippen LogP contribution in [0, 0.1) is 5.92 Å². The van der Waals surface area contributed by atoms with Crippen molar-refractivity contribution in [3.05, 3.63) is 29.8 Å². The third-order valence-corrected chi connectivity index (χ3v) is 6.06. The van der Waals surface area contributed by atoms with Gasteiger partial charge in [-0.05, 0) is 56.6 Å². The van der Waals surface area contributed by atoms with Crippen LogP contribution in [0.5, 0.6) is 0 Å². The second-order valence-electron chi connectivity index (χ2n) is 5.88. The van der Waals surface area contributed by atoms with E-state index in [1.165, 1.54) is 4.31 Å². The van der Waals surface area contributed by atoms with Crippen molar-refractivity contribution in [2.75, 3.05) is 33.7 Å². The normalized spacial score (nSPS) is 18.3. The van der Waals surface area contributed by atoms with Crippen molar-refractivity contribution < 1.29 is 8.42 Å². The molecular formula is C15H25N3O2S. The molecule has 1 heterocycles. The maximum atomic E-state index is 12.6. The zero-order chi connectivity index (χ0) is 15.5. The lowest BCUT2D eigenvalue weighted by Gasteiger charge is -2.31. The lowest BCUT2D eigenvalue weighted by molar-refractivity contribution is 0.202. The van der Waals surface area contributed by atoms with Gasteiger partial charge in [-0.3, -0.25) is 0 Å². The molecule has 1 saturated heterocycles. The summed E-state index contributed by atoms with van der Waals surface area (Å²) < 4.78 is 26.6. The molecule has 5 nitrogen and oxygen atoms in total. The fraction of sp³-hybridized carbons (Fsp3) is 0.600. The summed E-state index contributed by atoms with van der Waals surface area (Å²) in [5.74, 6) is 0.448. The van der Waals surface area contributed by atoms with E-state index in [-0.39, 0.29) is 0 Å². The third-order valence-electron chi connectivity index (χ3n) is 4.22. The van der Waals surface area contributed by atoms with E-state index < -0.39 is 10.0 Å². The zero-order valence-corrected chi connectivity index (χ0v) is 13.6. The minimum atomic E-state index is -3.40. The van der Waals surface area contributed by atoms with Gasteiger partial charge < -0.3 is 10.6 Å². The maximum Gasteiger partial charge on any atom is 0.242 e. The molecule has 1 aliphatic rings. The number of hydrogen-bond acceptors (Lipinski definition) is 4. The van der Waals surface area contributed by atoms with E-state index in [1.807, 2.05) is 0 Å². The Bertz CT molecular complexity index is 549. The maximum absolute atomic E-state index is 12.6. The van der Waals surface area contributed by atoms with Crippen molar-refractivity contribution in [1.29, 1.82) is 0 Å². The number of likely N-dealkylation sites (tertiary alicyclic amines) is 1. The minimum absolute atomic E-state index is 0.343. The zero-order valence-electron chi connectivity index (χ0n) is 12.8. The van der Waals surface area contributed by atoms with Gasteiger partial charge in [-0.1, -0.05) is 12.1 Å². The van der Waals surface area contributed by atoms with Crippen LogP contribution in [0.1, 0.15) is 18.4 Å². The van der Waals surface area contributed by atoms with Gasteiger partial charge in [-0.15, -0.1) is 0 Å². The molecule has 0 unspecified atom stereocenters. The molecule has 6 heteroatoms. The fourth-order valence-electron chi connectivity index (χ4n) is 2.68. The van der Waals surface area contributed by atoms with Gasteiger partial charge in [0, 0.05) is 20.1 Å². The number of benzene rings is 1. The Balaban J connectivity index is 2.03. The molecule has 0 bridgehead atoms. The van der Waals surface area contributed by atoms with Crippen LogP contribution in [0.15, 0.2) is 29.2 Å². The number of sulfonamides is 1. The van der Waals surface area contributed by atoms with Crippen LogP contribution in [0.2, 0.25) is 0 Å². The Kier molecular flexibility index (Phi) is 5.37. The number of hydrogen-bond donors (Lipinski definition) is 1. The van der Waals surface area contributed by atoms with Crippen LogP contribution in [-0.4, -0.2) is 51.4 Å². The van der Waals surface area contributed by atoms with Crippen molar-refractivity contribution in [1.82, 2.24) is 9.21 Å². The third kappa shape index (κ3) is 4.03. The number of nitrogens with two attached hydrogens (primary N) is 1. The Morgan fingerprint density at radius 3 is 2.33 bits per heavy atom. The van der Waals surface area contributed by atoms with Crippen LogP contribution in [0.25, 0.3) is 0 Å². The summed E-state index contributed by atoms with van der Waals surface area (Å²) in [5.41, 5.74) is 6.48. The van der Waals surface area contributed by atoms with Gasteiger partial charge in [0.05, 0.1) is 4.90 Å². The monoisotopic (exact) mass is 311 g/mol. The summed E-state index contributed by atoms with van der Waals surface area (Å²) in [6, 6.07) is 6.83. The Hall–Kier alpha value is -0.950. The highest BCUT2D eigenvalue weighted by molar-refractivity contribution is 7.89. The number of nitrogens with zero attached hydrogens (tertiary/aromatic N) is 2. The van der Waals surface area contributed by atoms with Crippen LogP contribution < -0.4 is 5.73 Å². The standard InChI is InChI=1S/C15H25N3O2S/c1-17-9-7-14(8-10-17)12-18(2)21(19,20)15-5-3-13(11-16)4-6-15/h3-6,14H,7-12,16H2,1-2H3. The topological polar surface area (TPSA) is 66.6 Å². The van der Waals surface area contributed by atoms with Crippen molar-refractivity contribution in [3.63, 3.8) is 0 Å². The van der Waals surface area contributed by atoms with Crippen LogP contribution in [-0.2, 0) is 16.6 Å². The van der Waals surface area contributed by atoms with Gasteiger partial charge in [-0.2, -0.15) is 0 Å². The van der Waals surface area contributed by atoms with Crippen molar-refractivity contribution >= 4 is 10.0 Å². The second kappa shape index (κ2) is 6.87. The molecule has 2 N–H and O–H groups in total. The van der Waals surface area contributed by atoms with Crippen molar-refractivity contribution in [2.24, 2.45) is 11.7 Å². The minimum Gasteiger partial charge on any atom is -0.326 e. The van der Waals surface area contributed by atoms with E-state index in [0.29, 0.717) is 23.9 Å². The summed E-state index contributed by atoms with van der Waals surface area (Å²) in [7, 11) is 0.380. The lowest BCUT2D eigenvalue weighted by atomic mass is 9.97. The molecule has 1 aliphatic heterocycles. The van der Waals surface area contributed by atoms with Gasteiger partial charge in [0.15, 0.2) is 0 Å². The van der Waals surface area contributed by atoms with E-state index in [2.05, 4.69) is 11.9 Å². The summed E-state index contributed by atoms with van der Waals surface area (Å²) in [5, 5.41) is 0. The number of rotatable bonds is 5. The summed E-state index contributed by atoms with van der Waals surface area (Å²) >= 11 is 0. The van der Waals surface area contributed by atoms with E-state index in [4.69, 9.17) is 5.73 Å². The van der Waals surface area contributed by atoms with Crippen molar-refractivity contribution in [3.8, 4) is 0 Å². The van der Waals surface area contributed by atoms with Gasteiger partial charge in [0.25, 0.3) is 0 Å². The fourth-order valence-corrected chi connectivity index (χ4v) is 3.93. The van der Waals surface area contributed by atoms with Crippen molar-refractivity contribution in [2.45, 2.75) is 24.3 Å². The average molecular weight is 311 g/mol. The smallest absolute Gasteiger partial charge is 0.242 e. The predicted octanol–water partition coefficient (Wildman–Crippen LogP) is 1.11. The Morgan fingerprint density at radius 1 is 1.24 bits per heavy atom. The molecule has 118 valence electrons. The highest BCUT2D eigenvalue weighted by Crippen LogP contribution is 2.21. The van der Waals surface area contributed by atoms with E-state index in [1.54, 1.807) is 31.3 Å². The Morgan fingerprint density at radius 2 is 1.81 bits per heavy atom. The molecule has 0 radical (unpaired) electrons. The first-order valence-corrected chi connectivity index (χ1v) is 8.81. The summed E-state index contributed by atoms with van der Waals surface area (Å²) in [6.45, 7) is 3.11. The van der Waals surface area contributed by atoms with Crippen LogP contribution >= 0.6 is 0 Å². The van der Waals surface area contributed by atoms with Gasteiger partial charge in [0.2, 0.25) is 10.0 Å². The molecule has 1 aromatic carbocycles. The molecule has 21 heavy (non-hydrogen) atoms. The average Bonchev–Trinajstić information content (AvgIpc) is 2.49. The Labute approximate surface area is 127 Å². The van der Waals surface area contributed by atoms with Crippen LogP contribution in [0.3, 0.4) is 0 Å².